The van der Waals surface area contributed by atoms with Crippen molar-refractivity contribution < 1.29 is 4.79 Å². The second-order valence-electron chi connectivity index (χ2n) is 4.59. The first-order valence-electron chi connectivity index (χ1n) is 5.32. The lowest BCUT2D eigenvalue weighted by Gasteiger charge is -2.23. The van der Waals surface area contributed by atoms with E-state index in [-0.39, 0.29) is 17.5 Å². The summed E-state index contributed by atoms with van der Waals surface area (Å²) in [5, 5.41) is 6.05. The quantitative estimate of drug-likeness (QED) is 0.542. The van der Waals surface area contributed by atoms with Crippen LogP contribution in [-0.4, -0.2) is 24.0 Å². The van der Waals surface area contributed by atoms with Crippen molar-refractivity contribution in [2.24, 2.45) is 0 Å². The Morgan fingerprint density at radius 1 is 1.40 bits per heavy atom. The first kappa shape index (κ1) is 14.0. The largest absolute Gasteiger partial charge is 0.350 e. The van der Waals surface area contributed by atoms with E-state index >= 15 is 0 Å². The van der Waals surface area contributed by atoms with Crippen LogP contribution in [0, 0.1) is 11.8 Å². The molecule has 0 heterocycles. The summed E-state index contributed by atoms with van der Waals surface area (Å²) in [5.41, 5.74) is -0.170. The van der Waals surface area contributed by atoms with Gasteiger partial charge in [0.1, 0.15) is 0 Å². The topological polar surface area (TPSA) is 41.1 Å². The number of nitrogens with one attached hydrogen (secondary N) is 2. The minimum atomic E-state index is -0.170. The maximum atomic E-state index is 11.6. The highest BCUT2D eigenvalue weighted by Gasteiger charge is 2.18. The monoisotopic (exact) mass is 210 g/mol. The van der Waals surface area contributed by atoms with Crippen LogP contribution in [0.5, 0.6) is 0 Å². The number of hydrogen-bond acceptors (Lipinski definition) is 2. The van der Waals surface area contributed by atoms with Gasteiger partial charge in [-0.25, -0.2) is 0 Å². The number of carbonyl (C=O) groups is 1. The van der Waals surface area contributed by atoms with E-state index in [1.807, 2.05) is 34.6 Å². The first-order chi connectivity index (χ1) is 6.87. The van der Waals surface area contributed by atoms with Gasteiger partial charge in [0.2, 0.25) is 5.91 Å². The van der Waals surface area contributed by atoms with E-state index in [4.69, 9.17) is 0 Å². The van der Waals surface area contributed by atoms with E-state index < -0.39 is 0 Å². The highest BCUT2D eigenvalue weighted by molar-refractivity contribution is 5.81. The molecule has 0 radical (unpaired) electrons. The predicted molar refractivity (Wildman–Crippen MR) is 63.4 cm³/mol. The maximum Gasteiger partial charge on any atom is 0.237 e. The molecule has 0 spiro atoms. The second kappa shape index (κ2) is 6.47. The normalized spacial score (nSPS) is 12.6. The zero-order chi connectivity index (χ0) is 11.9. The molecule has 1 amide bonds. The number of hydrogen-bond donors (Lipinski definition) is 2. The average Bonchev–Trinajstić information content (AvgIpc) is 2.09. The van der Waals surface area contributed by atoms with Gasteiger partial charge in [0.05, 0.1) is 6.04 Å². The minimum Gasteiger partial charge on any atom is -0.350 e. The molecular weight excluding hydrogens is 188 g/mol. The first-order valence-corrected chi connectivity index (χ1v) is 5.32. The Hall–Kier alpha value is -1.01. The average molecular weight is 210 g/mol. The third-order valence-electron chi connectivity index (χ3n) is 1.77. The molecule has 0 saturated carbocycles. The van der Waals surface area contributed by atoms with Crippen LogP contribution < -0.4 is 10.6 Å². The highest BCUT2D eigenvalue weighted by atomic mass is 16.2. The molecule has 15 heavy (non-hydrogen) atoms. The lowest BCUT2D eigenvalue weighted by atomic mass is 10.1. The summed E-state index contributed by atoms with van der Waals surface area (Å²) >= 11 is 0. The third kappa shape index (κ3) is 8.02. The van der Waals surface area contributed by atoms with E-state index in [2.05, 4.69) is 22.5 Å². The minimum absolute atomic E-state index is 0.0342. The van der Waals surface area contributed by atoms with Crippen LogP contribution in [-0.2, 0) is 4.79 Å². The van der Waals surface area contributed by atoms with Crippen molar-refractivity contribution in [1.29, 1.82) is 0 Å². The van der Waals surface area contributed by atoms with Crippen LogP contribution in [0.25, 0.3) is 0 Å². The van der Waals surface area contributed by atoms with Gasteiger partial charge in [-0.3, -0.25) is 4.79 Å². The summed E-state index contributed by atoms with van der Waals surface area (Å²) in [4.78, 5) is 11.6. The molecule has 86 valence electrons. The van der Waals surface area contributed by atoms with Crippen LogP contribution in [0.2, 0.25) is 0 Å². The molecule has 1 unspecified atom stereocenters. The Labute approximate surface area is 93.0 Å². The van der Waals surface area contributed by atoms with Gasteiger partial charge in [-0.15, -0.1) is 11.8 Å². The fourth-order valence-corrected chi connectivity index (χ4v) is 1.05. The molecule has 1 atom stereocenters. The maximum absolute atomic E-state index is 11.6. The van der Waals surface area contributed by atoms with Crippen molar-refractivity contribution in [2.75, 3.05) is 6.54 Å². The predicted octanol–water partition coefficient (Wildman–Crippen LogP) is 1.29. The van der Waals surface area contributed by atoms with Crippen LogP contribution in [0.3, 0.4) is 0 Å². The van der Waals surface area contributed by atoms with Crippen molar-refractivity contribution in [3.8, 4) is 11.8 Å². The Morgan fingerprint density at radius 3 is 2.47 bits per heavy atom. The van der Waals surface area contributed by atoms with E-state index in [0.29, 0.717) is 0 Å². The van der Waals surface area contributed by atoms with Crippen molar-refractivity contribution >= 4 is 5.91 Å². The molecule has 0 saturated heterocycles. The zero-order valence-electron chi connectivity index (χ0n) is 10.4. The molecule has 3 nitrogen and oxygen atoms in total. The van der Waals surface area contributed by atoms with Gasteiger partial charge >= 0.3 is 0 Å². The molecule has 2 N–H and O–H groups in total. The molecule has 0 aliphatic rings. The lowest BCUT2D eigenvalue weighted by Crippen LogP contribution is -2.49. The molecule has 0 aromatic heterocycles. The molecule has 0 fully saturated rings. The van der Waals surface area contributed by atoms with E-state index in [9.17, 15) is 4.79 Å². The Balaban J connectivity index is 3.83. The third-order valence-corrected chi connectivity index (χ3v) is 1.77. The molecular formula is C12H22N2O. The Morgan fingerprint density at radius 2 is 2.00 bits per heavy atom. The molecule has 0 aromatic rings. The number of rotatable bonds is 4. The summed E-state index contributed by atoms with van der Waals surface area (Å²) in [7, 11) is 0. The van der Waals surface area contributed by atoms with E-state index in [1.165, 1.54) is 0 Å². The van der Waals surface area contributed by atoms with Crippen molar-refractivity contribution in [3.63, 3.8) is 0 Å². The van der Waals surface area contributed by atoms with Gasteiger partial charge in [0.25, 0.3) is 0 Å². The van der Waals surface area contributed by atoms with Crippen LogP contribution in [0.4, 0.5) is 0 Å². The van der Waals surface area contributed by atoms with Gasteiger partial charge < -0.3 is 10.6 Å². The van der Waals surface area contributed by atoms with Crippen molar-refractivity contribution in [2.45, 2.75) is 52.6 Å². The molecule has 0 bridgehead atoms. The van der Waals surface area contributed by atoms with Crippen molar-refractivity contribution in [1.82, 2.24) is 10.6 Å². The fourth-order valence-electron chi connectivity index (χ4n) is 1.05. The molecule has 0 aromatic carbocycles. The van der Waals surface area contributed by atoms with Gasteiger partial charge in [0, 0.05) is 18.5 Å². The van der Waals surface area contributed by atoms with Crippen molar-refractivity contribution in [3.05, 3.63) is 0 Å². The zero-order valence-corrected chi connectivity index (χ0v) is 10.4. The summed E-state index contributed by atoms with van der Waals surface area (Å²) in [6.07, 6.45) is 0.781. The fraction of sp³-hybridized carbons (Fsp3) is 0.750. The van der Waals surface area contributed by atoms with Crippen LogP contribution >= 0.6 is 0 Å². The van der Waals surface area contributed by atoms with Gasteiger partial charge in [-0.1, -0.05) is 0 Å². The molecule has 0 rings (SSSR count). The SMILES string of the molecule is CC#CCCNC(C)C(=O)NC(C)(C)C. The summed E-state index contributed by atoms with van der Waals surface area (Å²) in [6, 6.07) is -0.164. The number of amides is 1. The number of carbonyl (C=O) groups excluding carboxylic acids is 1. The van der Waals surface area contributed by atoms with Gasteiger partial charge in [-0.2, -0.15) is 0 Å². The summed E-state index contributed by atoms with van der Waals surface area (Å²) in [5.74, 6) is 5.80. The van der Waals surface area contributed by atoms with Crippen LogP contribution in [0.15, 0.2) is 0 Å². The van der Waals surface area contributed by atoms with E-state index in [0.717, 1.165) is 13.0 Å². The molecule has 0 aliphatic carbocycles. The smallest absolute Gasteiger partial charge is 0.237 e. The molecule has 3 heteroatoms. The lowest BCUT2D eigenvalue weighted by molar-refractivity contribution is -0.124. The Kier molecular flexibility index (Phi) is 6.03. The van der Waals surface area contributed by atoms with E-state index in [1.54, 1.807) is 0 Å². The summed E-state index contributed by atoms with van der Waals surface area (Å²) in [6.45, 7) is 10.3. The Bertz CT molecular complexity index is 255. The second-order valence-corrected chi connectivity index (χ2v) is 4.59. The standard InChI is InChI=1S/C12H22N2O/c1-6-7-8-9-13-10(2)11(15)14-12(3,4)5/h10,13H,8-9H2,1-5H3,(H,14,15). The summed E-state index contributed by atoms with van der Waals surface area (Å²) < 4.78 is 0. The molecule has 0 aliphatic heterocycles. The highest BCUT2D eigenvalue weighted by Crippen LogP contribution is 1.99. The van der Waals surface area contributed by atoms with Gasteiger partial charge in [-0.05, 0) is 34.6 Å². The van der Waals surface area contributed by atoms with Crippen LogP contribution in [0.1, 0.15) is 41.0 Å². The van der Waals surface area contributed by atoms with Gasteiger partial charge in [0.15, 0.2) is 0 Å².